The fourth-order valence-corrected chi connectivity index (χ4v) is 2.51. The highest BCUT2D eigenvalue weighted by Crippen LogP contribution is 2.30. The first kappa shape index (κ1) is 11.8. The smallest absolute Gasteiger partial charge is 0.213 e. The maximum atomic E-state index is 12.7. The van der Waals surface area contributed by atoms with Crippen LogP contribution in [0, 0.1) is 6.92 Å². The van der Waals surface area contributed by atoms with Crippen molar-refractivity contribution in [3.8, 4) is 5.75 Å². The fourth-order valence-electron chi connectivity index (χ4n) is 2.51. The van der Waals surface area contributed by atoms with Crippen LogP contribution >= 0.6 is 0 Å². The van der Waals surface area contributed by atoms with Gasteiger partial charge in [-0.15, -0.1) is 0 Å². The van der Waals surface area contributed by atoms with E-state index in [-0.39, 0.29) is 5.78 Å². The SMILES string of the molecule is C=Cc1cc2c(n1C)C(=O)c1ccc(C)cc1OC2. The van der Waals surface area contributed by atoms with Crippen molar-refractivity contribution in [2.45, 2.75) is 13.5 Å². The number of carbonyl (C=O) groups excluding carboxylic acids is 1. The first-order valence-electron chi connectivity index (χ1n) is 6.21. The summed E-state index contributed by atoms with van der Waals surface area (Å²) in [5.74, 6) is 0.680. The van der Waals surface area contributed by atoms with E-state index in [9.17, 15) is 4.79 Å². The van der Waals surface area contributed by atoms with Crippen LogP contribution in [0.4, 0.5) is 0 Å². The van der Waals surface area contributed by atoms with Gasteiger partial charge in [0.1, 0.15) is 12.4 Å². The maximum Gasteiger partial charge on any atom is 0.213 e. The molecule has 19 heavy (non-hydrogen) atoms. The molecule has 0 atom stereocenters. The summed E-state index contributed by atoms with van der Waals surface area (Å²) in [6.45, 7) is 6.17. The number of ether oxygens (including phenoxy) is 1. The van der Waals surface area contributed by atoms with Crippen molar-refractivity contribution >= 4 is 11.9 Å². The van der Waals surface area contributed by atoms with E-state index in [2.05, 4.69) is 6.58 Å². The zero-order valence-electron chi connectivity index (χ0n) is 11.1. The third-order valence-electron chi connectivity index (χ3n) is 3.54. The van der Waals surface area contributed by atoms with Gasteiger partial charge in [0.2, 0.25) is 5.78 Å². The lowest BCUT2D eigenvalue weighted by molar-refractivity contribution is 0.103. The zero-order valence-corrected chi connectivity index (χ0v) is 11.1. The Bertz CT molecular complexity index is 695. The standard InChI is InChI=1S/C16H15NO2/c1-4-12-8-11-9-19-14-7-10(2)5-6-13(14)16(18)15(11)17(12)3/h4-8H,1,9H2,2-3H3. The van der Waals surface area contributed by atoms with Crippen LogP contribution in [0.3, 0.4) is 0 Å². The lowest BCUT2D eigenvalue weighted by atomic mass is 10.0. The van der Waals surface area contributed by atoms with Gasteiger partial charge in [0.25, 0.3) is 0 Å². The Morgan fingerprint density at radius 3 is 2.89 bits per heavy atom. The third-order valence-corrected chi connectivity index (χ3v) is 3.54. The Labute approximate surface area is 112 Å². The van der Waals surface area contributed by atoms with Crippen LogP contribution in [0.2, 0.25) is 0 Å². The molecule has 0 unspecified atom stereocenters. The lowest BCUT2D eigenvalue weighted by Gasteiger charge is -2.07. The first-order valence-corrected chi connectivity index (χ1v) is 6.21. The molecule has 1 aromatic carbocycles. The molecule has 2 aromatic rings. The average Bonchev–Trinajstić information content (AvgIpc) is 2.64. The molecule has 0 spiro atoms. The van der Waals surface area contributed by atoms with Gasteiger partial charge >= 0.3 is 0 Å². The molecule has 0 radical (unpaired) electrons. The van der Waals surface area contributed by atoms with Crippen LogP contribution in [0.25, 0.3) is 6.08 Å². The minimum absolute atomic E-state index is 0.0121. The summed E-state index contributed by atoms with van der Waals surface area (Å²) < 4.78 is 7.65. The van der Waals surface area contributed by atoms with Gasteiger partial charge in [0.15, 0.2) is 0 Å². The van der Waals surface area contributed by atoms with Crippen LogP contribution in [0.1, 0.15) is 32.9 Å². The minimum atomic E-state index is 0.0121. The van der Waals surface area contributed by atoms with E-state index in [0.29, 0.717) is 23.6 Å². The normalized spacial score (nSPS) is 13.3. The Morgan fingerprint density at radius 1 is 1.37 bits per heavy atom. The van der Waals surface area contributed by atoms with Crippen molar-refractivity contribution in [1.82, 2.24) is 4.57 Å². The average molecular weight is 253 g/mol. The van der Waals surface area contributed by atoms with Gasteiger partial charge in [0.05, 0.1) is 11.3 Å². The molecule has 1 aliphatic rings. The minimum Gasteiger partial charge on any atom is -0.488 e. The summed E-state index contributed by atoms with van der Waals surface area (Å²) in [5.41, 5.74) is 4.25. The molecular weight excluding hydrogens is 238 g/mol. The number of carbonyl (C=O) groups is 1. The Kier molecular flexibility index (Phi) is 2.56. The maximum absolute atomic E-state index is 12.7. The van der Waals surface area contributed by atoms with Crippen LogP contribution < -0.4 is 4.74 Å². The molecule has 3 rings (SSSR count). The van der Waals surface area contributed by atoms with Gasteiger partial charge in [-0.25, -0.2) is 0 Å². The molecule has 3 nitrogen and oxygen atoms in total. The number of ketones is 1. The quantitative estimate of drug-likeness (QED) is 0.782. The Morgan fingerprint density at radius 2 is 2.16 bits per heavy atom. The predicted octanol–water partition coefficient (Wildman–Crippen LogP) is 3.10. The van der Waals surface area contributed by atoms with Crippen LogP contribution in [-0.4, -0.2) is 10.4 Å². The molecule has 3 heteroatoms. The van der Waals surface area contributed by atoms with Crippen molar-refractivity contribution in [2.75, 3.05) is 0 Å². The first-order chi connectivity index (χ1) is 9.11. The molecule has 0 amide bonds. The second-order valence-electron chi connectivity index (χ2n) is 4.82. The number of benzene rings is 1. The van der Waals surface area contributed by atoms with E-state index in [1.165, 1.54) is 0 Å². The number of nitrogens with zero attached hydrogens (tertiary/aromatic N) is 1. The molecule has 2 heterocycles. The summed E-state index contributed by atoms with van der Waals surface area (Å²) in [5, 5.41) is 0. The topological polar surface area (TPSA) is 31.2 Å². The van der Waals surface area contributed by atoms with Gasteiger partial charge < -0.3 is 9.30 Å². The highest BCUT2D eigenvalue weighted by molar-refractivity contribution is 6.11. The zero-order chi connectivity index (χ0) is 13.6. The number of hydrogen-bond acceptors (Lipinski definition) is 2. The van der Waals surface area contributed by atoms with E-state index in [4.69, 9.17) is 4.74 Å². The second kappa shape index (κ2) is 4.12. The third kappa shape index (κ3) is 1.70. The molecule has 0 saturated carbocycles. The molecule has 0 N–H and O–H groups in total. The number of rotatable bonds is 1. The van der Waals surface area contributed by atoms with Crippen molar-refractivity contribution in [3.05, 3.63) is 58.9 Å². The molecule has 1 aromatic heterocycles. The largest absolute Gasteiger partial charge is 0.488 e. The van der Waals surface area contributed by atoms with E-state index in [1.807, 2.05) is 42.8 Å². The summed E-state index contributed by atoms with van der Waals surface area (Å²) in [6, 6.07) is 7.64. The monoisotopic (exact) mass is 253 g/mol. The highest BCUT2D eigenvalue weighted by atomic mass is 16.5. The van der Waals surface area contributed by atoms with Crippen molar-refractivity contribution < 1.29 is 9.53 Å². The lowest BCUT2D eigenvalue weighted by Crippen LogP contribution is -2.09. The predicted molar refractivity (Wildman–Crippen MR) is 74.4 cm³/mol. The van der Waals surface area contributed by atoms with Crippen molar-refractivity contribution in [1.29, 1.82) is 0 Å². The Balaban J connectivity index is 2.22. The fraction of sp³-hybridized carbons (Fsp3) is 0.188. The molecule has 0 aliphatic carbocycles. The van der Waals surface area contributed by atoms with Crippen molar-refractivity contribution in [3.63, 3.8) is 0 Å². The number of aromatic nitrogens is 1. The van der Waals surface area contributed by atoms with Gasteiger partial charge in [-0.3, -0.25) is 4.79 Å². The number of fused-ring (bicyclic) bond motifs is 2. The van der Waals surface area contributed by atoms with Crippen LogP contribution in [-0.2, 0) is 13.7 Å². The molecular formula is C16H15NO2. The van der Waals surface area contributed by atoms with Crippen LogP contribution in [0.5, 0.6) is 5.75 Å². The van der Waals surface area contributed by atoms with Gasteiger partial charge in [0, 0.05) is 18.3 Å². The van der Waals surface area contributed by atoms with Gasteiger partial charge in [-0.2, -0.15) is 0 Å². The van der Waals surface area contributed by atoms with E-state index in [0.717, 1.165) is 16.8 Å². The summed E-state index contributed by atoms with van der Waals surface area (Å²) in [7, 11) is 1.88. The molecule has 96 valence electrons. The number of hydrogen-bond donors (Lipinski definition) is 0. The molecule has 1 aliphatic heterocycles. The summed E-state index contributed by atoms with van der Waals surface area (Å²) in [4.78, 5) is 12.7. The summed E-state index contributed by atoms with van der Waals surface area (Å²) in [6.07, 6.45) is 1.75. The van der Waals surface area contributed by atoms with E-state index < -0.39 is 0 Å². The molecule has 0 saturated heterocycles. The molecule has 0 bridgehead atoms. The van der Waals surface area contributed by atoms with E-state index >= 15 is 0 Å². The van der Waals surface area contributed by atoms with Crippen molar-refractivity contribution in [2.24, 2.45) is 7.05 Å². The van der Waals surface area contributed by atoms with Gasteiger partial charge in [-0.05, 0) is 36.8 Å². The number of aryl methyl sites for hydroxylation is 1. The summed E-state index contributed by atoms with van der Waals surface area (Å²) >= 11 is 0. The molecule has 0 fully saturated rings. The van der Waals surface area contributed by atoms with Crippen LogP contribution in [0.15, 0.2) is 30.8 Å². The Hall–Kier alpha value is -2.29. The highest BCUT2D eigenvalue weighted by Gasteiger charge is 2.26. The second-order valence-corrected chi connectivity index (χ2v) is 4.82. The van der Waals surface area contributed by atoms with Gasteiger partial charge in [-0.1, -0.05) is 12.6 Å². The van der Waals surface area contributed by atoms with E-state index in [1.54, 1.807) is 6.08 Å².